The number of methoxy groups -OCH3 is 1. The number of anilines is 2. The second-order valence-electron chi connectivity index (χ2n) is 5.12. The molecule has 1 aliphatic heterocycles. The fraction of sp³-hybridized carbons (Fsp3) is 0.600. The summed E-state index contributed by atoms with van der Waals surface area (Å²) in [5, 5.41) is 0. The lowest BCUT2D eigenvalue weighted by atomic mass is 9.98. The van der Waals surface area contributed by atoms with Gasteiger partial charge in [-0.15, -0.1) is 0 Å². The molecule has 0 radical (unpaired) electrons. The summed E-state index contributed by atoms with van der Waals surface area (Å²) in [6, 6.07) is 6.10. The van der Waals surface area contributed by atoms with Gasteiger partial charge in [0.25, 0.3) is 0 Å². The monoisotopic (exact) mass is 248 g/mol. The van der Waals surface area contributed by atoms with Gasteiger partial charge in [0.2, 0.25) is 0 Å². The van der Waals surface area contributed by atoms with Crippen molar-refractivity contribution in [2.24, 2.45) is 5.92 Å². The third kappa shape index (κ3) is 2.89. The van der Waals surface area contributed by atoms with Gasteiger partial charge in [-0.1, -0.05) is 13.3 Å². The predicted octanol–water partition coefficient (Wildman–Crippen LogP) is 3.29. The van der Waals surface area contributed by atoms with Crippen molar-refractivity contribution in [3.05, 3.63) is 18.2 Å². The molecule has 1 atom stereocenters. The highest BCUT2D eigenvalue weighted by Crippen LogP contribution is 2.30. The second kappa shape index (κ2) is 5.98. The summed E-state index contributed by atoms with van der Waals surface area (Å²) in [5.41, 5.74) is 7.81. The molecule has 0 aliphatic carbocycles. The maximum Gasteiger partial charge on any atom is 0.143 e. The van der Waals surface area contributed by atoms with Crippen LogP contribution in [0.25, 0.3) is 0 Å². The molecule has 3 nitrogen and oxygen atoms in total. The van der Waals surface area contributed by atoms with Crippen molar-refractivity contribution in [3.8, 4) is 5.75 Å². The van der Waals surface area contributed by atoms with E-state index in [2.05, 4.69) is 24.0 Å². The molecule has 1 heterocycles. The molecule has 0 amide bonds. The maximum absolute atomic E-state index is 5.86. The lowest BCUT2D eigenvalue weighted by Crippen LogP contribution is -2.24. The number of ether oxygens (including phenoxy) is 1. The Balaban J connectivity index is 2.11. The molecule has 0 aromatic heterocycles. The average Bonchev–Trinajstić information content (AvgIpc) is 2.64. The van der Waals surface area contributed by atoms with E-state index in [1.807, 2.05) is 6.07 Å². The van der Waals surface area contributed by atoms with Gasteiger partial charge in [-0.3, -0.25) is 0 Å². The van der Waals surface area contributed by atoms with Crippen LogP contribution in [0.3, 0.4) is 0 Å². The minimum absolute atomic E-state index is 0.711. The molecular formula is C15H24N2O. The molecule has 1 aliphatic rings. The summed E-state index contributed by atoms with van der Waals surface area (Å²) in [6.07, 6.45) is 5.24. The van der Waals surface area contributed by atoms with Crippen molar-refractivity contribution in [1.82, 2.24) is 0 Å². The molecule has 0 spiro atoms. The van der Waals surface area contributed by atoms with E-state index in [0.29, 0.717) is 5.69 Å². The zero-order valence-electron chi connectivity index (χ0n) is 11.5. The number of nitrogen functional groups attached to an aromatic ring is 1. The van der Waals surface area contributed by atoms with Crippen molar-refractivity contribution in [2.45, 2.75) is 32.6 Å². The number of hydrogen-bond acceptors (Lipinski definition) is 3. The van der Waals surface area contributed by atoms with E-state index >= 15 is 0 Å². The molecule has 1 saturated heterocycles. The minimum atomic E-state index is 0.711. The lowest BCUT2D eigenvalue weighted by Gasteiger charge is -2.23. The van der Waals surface area contributed by atoms with Crippen LogP contribution < -0.4 is 15.4 Å². The molecule has 100 valence electrons. The van der Waals surface area contributed by atoms with Crippen LogP contribution in [0, 0.1) is 5.92 Å². The molecule has 1 aromatic rings. The summed E-state index contributed by atoms with van der Waals surface area (Å²) >= 11 is 0. The Morgan fingerprint density at radius 1 is 1.33 bits per heavy atom. The summed E-state index contributed by atoms with van der Waals surface area (Å²) in [6.45, 7) is 4.59. The Morgan fingerprint density at radius 2 is 2.17 bits per heavy atom. The smallest absolute Gasteiger partial charge is 0.143 e. The Bertz CT molecular complexity index is 392. The van der Waals surface area contributed by atoms with E-state index in [9.17, 15) is 0 Å². The second-order valence-corrected chi connectivity index (χ2v) is 5.12. The van der Waals surface area contributed by atoms with Crippen molar-refractivity contribution < 1.29 is 4.74 Å². The quantitative estimate of drug-likeness (QED) is 0.834. The van der Waals surface area contributed by atoms with Crippen molar-refractivity contribution in [2.75, 3.05) is 30.8 Å². The topological polar surface area (TPSA) is 38.5 Å². The van der Waals surface area contributed by atoms with Gasteiger partial charge >= 0.3 is 0 Å². The molecule has 2 rings (SSSR count). The van der Waals surface area contributed by atoms with E-state index < -0.39 is 0 Å². The molecule has 3 heteroatoms. The number of benzene rings is 1. The zero-order valence-corrected chi connectivity index (χ0v) is 11.5. The predicted molar refractivity (Wildman–Crippen MR) is 77.3 cm³/mol. The van der Waals surface area contributed by atoms with Crippen LogP contribution in [0.4, 0.5) is 11.4 Å². The van der Waals surface area contributed by atoms with Crippen LogP contribution in [-0.2, 0) is 0 Å². The highest BCUT2D eigenvalue weighted by Gasteiger charge is 2.16. The highest BCUT2D eigenvalue weighted by atomic mass is 16.5. The van der Waals surface area contributed by atoms with Crippen LogP contribution in [0.2, 0.25) is 0 Å². The van der Waals surface area contributed by atoms with E-state index in [1.165, 1.54) is 31.4 Å². The number of hydrogen-bond donors (Lipinski definition) is 1. The van der Waals surface area contributed by atoms with Gasteiger partial charge in [-0.05, 0) is 37.3 Å². The summed E-state index contributed by atoms with van der Waals surface area (Å²) in [4.78, 5) is 2.46. The van der Waals surface area contributed by atoms with Crippen LogP contribution in [0.5, 0.6) is 5.75 Å². The fourth-order valence-corrected chi connectivity index (χ4v) is 2.73. The Labute approximate surface area is 110 Å². The first-order chi connectivity index (χ1) is 8.74. The fourth-order valence-electron chi connectivity index (χ4n) is 2.73. The SMILES string of the molecule is CCC1CCCN(c2ccc(N)c(OC)c2)CC1. The third-order valence-electron chi connectivity index (χ3n) is 4.01. The van der Waals surface area contributed by atoms with Crippen LogP contribution in [-0.4, -0.2) is 20.2 Å². The number of nitrogens with two attached hydrogens (primary N) is 1. The molecule has 1 unspecified atom stereocenters. The van der Waals surface area contributed by atoms with E-state index in [4.69, 9.17) is 10.5 Å². The molecule has 1 aromatic carbocycles. The van der Waals surface area contributed by atoms with E-state index in [1.54, 1.807) is 7.11 Å². The zero-order chi connectivity index (χ0) is 13.0. The summed E-state index contributed by atoms with van der Waals surface area (Å²) in [7, 11) is 1.67. The Hall–Kier alpha value is -1.38. The Kier molecular flexibility index (Phi) is 4.34. The van der Waals surface area contributed by atoms with Gasteiger partial charge < -0.3 is 15.4 Å². The average molecular weight is 248 g/mol. The lowest BCUT2D eigenvalue weighted by molar-refractivity contribution is 0.417. The van der Waals surface area contributed by atoms with Crippen LogP contribution in [0.1, 0.15) is 32.6 Å². The van der Waals surface area contributed by atoms with Crippen molar-refractivity contribution >= 4 is 11.4 Å². The van der Waals surface area contributed by atoms with Gasteiger partial charge in [-0.25, -0.2) is 0 Å². The first-order valence-corrected chi connectivity index (χ1v) is 6.93. The minimum Gasteiger partial charge on any atom is -0.495 e. The first-order valence-electron chi connectivity index (χ1n) is 6.93. The maximum atomic E-state index is 5.86. The van der Waals surface area contributed by atoms with Crippen molar-refractivity contribution in [3.63, 3.8) is 0 Å². The molecule has 0 bridgehead atoms. The first kappa shape index (κ1) is 13.1. The van der Waals surface area contributed by atoms with Crippen molar-refractivity contribution in [1.29, 1.82) is 0 Å². The van der Waals surface area contributed by atoms with Gasteiger partial charge in [0, 0.05) is 24.8 Å². The standard InChI is InChI=1S/C15H24N2O/c1-3-12-5-4-9-17(10-8-12)13-6-7-14(16)15(11-13)18-2/h6-7,11-12H,3-5,8-10,16H2,1-2H3. The molecule has 0 saturated carbocycles. The molecule has 1 fully saturated rings. The van der Waals surface area contributed by atoms with Gasteiger partial charge in [-0.2, -0.15) is 0 Å². The Morgan fingerprint density at radius 3 is 2.89 bits per heavy atom. The molecule has 18 heavy (non-hydrogen) atoms. The largest absolute Gasteiger partial charge is 0.495 e. The van der Waals surface area contributed by atoms with Crippen LogP contribution in [0.15, 0.2) is 18.2 Å². The van der Waals surface area contributed by atoms with Gasteiger partial charge in [0.15, 0.2) is 0 Å². The third-order valence-corrected chi connectivity index (χ3v) is 4.01. The van der Waals surface area contributed by atoms with Crippen LogP contribution >= 0.6 is 0 Å². The van der Waals surface area contributed by atoms with E-state index in [-0.39, 0.29) is 0 Å². The van der Waals surface area contributed by atoms with Gasteiger partial charge in [0.1, 0.15) is 5.75 Å². The number of nitrogens with zero attached hydrogens (tertiary/aromatic N) is 1. The van der Waals surface area contributed by atoms with Gasteiger partial charge in [0.05, 0.1) is 12.8 Å². The summed E-state index contributed by atoms with van der Waals surface area (Å²) in [5.74, 6) is 1.68. The summed E-state index contributed by atoms with van der Waals surface area (Å²) < 4.78 is 5.30. The normalized spacial score (nSPS) is 20.6. The molecular weight excluding hydrogens is 224 g/mol. The number of rotatable bonds is 3. The van der Waals surface area contributed by atoms with E-state index in [0.717, 1.165) is 24.8 Å². The highest BCUT2D eigenvalue weighted by molar-refractivity contribution is 5.62. The molecule has 2 N–H and O–H groups in total.